The lowest BCUT2D eigenvalue weighted by atomic mass is 10.1. The summed E-state index contributed by atoms with van der Waals surface area (Å²) in [5, 5.41) is 11.2. The van der Waals surface area contributed by atoms with Crippen molar-refractivity contribution in [1.82, 2.24) is 25.2 Å². The summed E-state index contributed by atoms with van der Waals surface area (Å²) in [6.07, 6.45) is 4.71. The molecule has 1 aliphatic heterocycles. The molecule has 2 rings (SSSR count). The van der Waals surface area contributed by atoms with E-state index in [1.165, 1.54) is 0 Å². The van der Waals surface area contributed by atoms with Gasteiger partial charge in [0.15, 0.2) is 5.69 Å². The van der Waals surface area contributed by atoms with Crippen LogP contribution in [0.25, 0.3) is 0 Å². The molecule has 0 aliphatic carbocycles. The normalized spacial score (nSPS) is 17.4. The van der Waals surface area contributed by atoms with E-state index in [1.54, 1.807) is 10.9 Å². The monoisotopic (exact) mass is 323 g/mol. The molecule has 2 heterocycles. The van der Waals surface area contributed by atoms with Gasteiger partial charge in [-0.3, -0.25) is 4.79 Å². The summed E-state index contributed by atoms with van der Waals surface area (Å²) in [4.78, 5) is 14.6. The first-order chi connectivity index (χ1) is 11.1. The molecule has 1 atom stereocenters. The van der Waals surface area contributed by atoms with Crippen LogP contribution >= 0.6 is 0 Å². The topological polar surface area (TPSA) is 72.3 Å². The van der Waals surface area contributed by atoms with Crippen LogP contribution in [0.1, 0.15) is 56.6 Å². The Morgan fingerprint density at radius 3 is 2.87 bits per heavy atom. The van der Waals surface area contributed by atoms with Crippen LogP contribution in [-0.4, -0.2) is 64.7 Å². The maximum atomic E-state index is 12.3. The smallest absolute Gasteiger partial charge is 0.273 e. The molecule has 0 saturated carbocycles. The van der Waals surface area contributed by atoms with Crippen LogP contribution in [0, 0.1) is 0 Å². The highest BCUT2D eigenvalue weighted by molar-refractivity contribution is 5.92. The molecule has 1 fully saturated rings. The summed E-state index contributed by atoms with van der Waals surface area (Å²) < 4.78 is 7.15. The fraction of sp³-hybridized carbons (Fsp3) is 0.812. The molecular weight excluding hydrogens is 294 g/mol. The van der Waals surface area contributed by atoms with Crippen molar-refractivity contribution in [2.24, 2.45) is 0 Å². The van der Waals surface area contributed by atoms with Crippen molar-refractivity contribution in [3.8, 4) is 0 Å². The Morgan fingerprint density at radius 1 is 1.48 bits per heavy atom. The van der Waals surface area contributed by atoms with E-state index >= 15 is 0 Å². The third-order valence-corrected chi connectivity index (χ3v) is 4.20. The Balaban J connectivity index is 1.86. The van der Waals surface area contributed by atoms with Crippen LogP contribution in [-0.2, 0) is 4.74 Å². The van der Waals surface area contributed by atoms with Gasteiger partial charge in [0.05, 0.1) is 12.2 Å². The van der Waals surface area contributed by atoms with Crippen LogP contribution in [0.2, 0.25) is 0 Å². The third-order valence-electron chi connectivity index (χ3n) is 4.20. The molecule has 0 spiro atoms. The zero-order valence-corrected chi connectivity index (χ0v) is 14.5. The Kier molecular flexibility index (Phi) is 6.98. The van der Waals surface area contributed by atoms with E-state index in [9.17, 15) is 4.79 Å². The Bertz CT molecular complexity index is 485. The highest BCUT2D eigenvalue weighted by atomic mass is 16.5. The number of likely N-dealkylation sites (N-methyl/N-ethyl adjacent to an activating group) is 1. The lowest BCUT2D eigenvalue weighted by Crippen LogP contribution is -2.42. The number of carbonyl (C=O) groups excluding carboxylic acids is 1. The lowest BCUT2D eigenvalue weighted by Gasteiger charge is -2.24. The molecule has 1 N–H and O–H groups in total. The summed E-state index contributed by atoms with van der Waals surface area (Å²) in [5.74, 6) is -0.150. The lowest BCUT2D eigenvalue weighted by molar-refractivity contribution is 0.0657. The first-order valence-electron chi connectivity index (χ1n) is 8.66. The second-order valence-electron chi connectivity index (χ2n) is 6.20. The van der Waals surface area contributed by atoms with Crippen LogP contribution in [0.5, 0.6) is 0 Å². The molecular formula is C16H29N5O2. The Hall–Kier alpha value is -1.47. The maximum absolute atomic E-state index is 12.3. The van der Waals surface area contributed by atoms with Crippen molar-refractivity contribution < 1.29 is 9.53 Å². The largest absolute Gasteiger partial charge is 0.381 e. The van der Waals surface area contributed by atoms with Gasteiger partial charge in [-0.15, -0.1) is 5.10 Å². The minimum absolute atomic E-state index is 0.0854. The van der Waals surface area contributed by atoms with Crippen molar-refractivity contribution >= 4 is 5.91 Å². The van der Waals surface area contributed by atoms with E-state index in [1.807, 2.05) is 6.92 Å². The van der Waals surface area contributed by atoms with Crippen LogP contribution in [0.4, 0.5) is 0 Å². The van der Waals surface area contributed by atoms with Gasteiger partial charge in [0, 0.05) is 25.8 Å². The van der Waals surface area contributed by atoms with E-state index in [2.05, 4.69) is 34.4 Å². The molecule has 1 aromatic rings. The van der Waals surface area contributed by atoms with Crippen molar-refractivity contribution in [3.05, 3.63) is 11.9 Å². The Labute approximate surface area is 138 Å². The number of carbonyl (C=O) groups is 1. The summed E-state index contributed by atoms with van der Waals surface area (Å²) in [7, 11) is 0. The molecule has 1 amide bonds. The number of amides is 1. The average Bonchev–Trinajstić information content (AvgIpc) is 3.05. The predicted molar refractivity (Wildman–Crippen MR) is 88.4 cm³/mol. The predicted octanol–water partition coefficient (Wildman–Crippen LogP) is 1.48. The van der Waals surface area contributed by atoms with Gasteiger partial charge in [0.1, 0.15) is 0 Å². The Morgan fingerprint density at radius 2 is 2.22 bits per heavy atom. The molecule has 130 valence electrons. The number of ether oxygens (including phenoxy) is 1. The first kappa shape index (κ1) is 17.9. The SMILES string of the molecule is CCCN(CC)C[C@H](C)NC(=O)c1cn(C2CCOCC2)nn1. The van der Waals surface area contributed by atoms with E-state index in [-0.39, 0.29) is 18.0 Å². The van der Waals surface area contributed by atoms with Crippen molar-refractivity contribution in [1.29, 1.82) is 0 Å². The highest BCUT2D eigenvalue weighted by Gasteiger charge is 2.20. The van der Waals surface area contributed by atoms with Gasteiger partial charge in [-0.1, -0.05) is 19.1 Å². The van der Waals surface area contributed by atoms with Crippen molar-refractivity contribution in [3.63, 3.8) is 0 Å². The number of aromatic nitrogens is 3. The molecule has 0 radical (unpaired) electrons. The number of rotatable bonds is 8. The fourth-order valence-corrected chi connectivity index (χ4v) is 2.93. The molecule has 0 bridgehead atoms. The van der Waals surface area contributed by atoms with Gasteiger partial charge in [0.2, 0.25) is 0 Å². The van der Waals surface area contributed by atoms with Crippen LogP contribution in [0.3, 0.4) is 0 Å². The molecule has 1 aromatic heterocycles. The van der Waals surface area contributed by atoms with Gasteiger partial charge >= 0.3 is 0 Å². The molecule has 7 nitrogen and oxygen atoms in total. The zero-order chi connectivity index (χ0) is 16.7. The number of hydrogen-bond acceptors (Lipinski definition) is 5. The minimum atomic E-state index is -0.150. The van der Waals surface area contributed by atoms with E-state index in [4.69, 9.17) is 4.74 Å². The maximum Gasteiger partial charge on any atom is 0.273 e. The standard InChI is InChI=1S/C16H29N5O2/c1-4-8-20(5-2)11-13(3)17-16(22)15-12-21(19-18-15)14-6-9-23-10-7-14/h12-14H,4-11H2,1-3H3,(H,17,22)/t13-/m0/s1. The minimum Gasteiger partial charge on any atom is -0.381 e. The zero-order valence-electron chi connectivity index (χ0n) is 14.5. The third kappa shape index (κ3) is 5.28. The van der Waals surface area contributed by atoms with E-state index in [0.717, 1.165) is 52.1 Å². The number of hydrogen-bond donors (Lipinski definition) is 1. The van der Waals surface area contributed by atoms with Gasteiger partial charge in [0.25, 0.3) is 5.91 Å². The summed E-state index contributed by atoms with van der Waals surface area (Å²) >= 11 is 0. The molecule has 0 aromatic carbocycles. The average molecular weight is 323 g/mol. The van der Waals surface area contributed by atoms with E-state index in [0.29, 0.717) is 5.69 Å². The van der Waals surface area contributed by atoms with E-state index < -0.39 is 0 Å². The molecule has 0 unspecified atom stereocenters. The van der Waals surface area contributed by atoms with Gasteiger partial charge in [-0.2, -0.15) is 0 Å². The molecule has 1 aliphatic rings. The summed E-state index contributed by atoms with van der Waals surface area (Å²) in [6, 6.07) is 0.373. The van der Waals surface area contributed by atoms with Crippen molar-refractivity contribution in [2.75, 3.05) is 32.8 Å². The second-order valence-corrected chi connectivity index (χ2v) is 6.20. The summed E-state index contributed by atoms with van der Waals surface area (Å²) in [5.41, 5.74) is 0.391. The van der Waals surface area contributed by atoms with Gasteiger partial charge in [-0.25, -0.2) is 4.68 Å². The number of nitrogens with zero attached hydrogens (tertiary/aromatic N) is 4. The highest BCUT2D eigenvalue weighted by Crippen LogP contribution is 2.19. The summed E-state index contributed by atoms with van der Waals surface area (Å²) in [6.45, 7) is 10.7. The number of nitrogens with one attached hydrogen (secondary N) is 1. The molecule has 7 heteroatoms. The van der Waals surface area contributed by atoms with Crippen LogP contribution < -0.4 is 5.32 Å². The molecule has 1 saturated heterocycles. The molecule has 23 heavy (non-hydrogen) atoms. The van der Waals surface area contributed by atoms with Gasteiger partial charge < -0.3 is 15.0 Å². The second kappa shape index (κ2) is 8.98. The van der Waals surface area contributed by atoms with Gasteiger partial charge in [-0.05, 0) is 39.3 Å². The quantitative estimate of drug-likeness (QED) is 0.784. The van der Waals surface area contributed by atoms with Crippen LogP contribution in [0.15, 0.2) is 6.20 Å². The van der Waals surface area contributed by atoms with Crippen molar-refractivity contribution in [2.45, 2.75) is 52.1 Å². The first-order valence-corrected chi connectivity index (χ1v) is 8.66. The fourth-order valence-electron chi connectivity index (χ4n) is 2.93.